The third kappa shape index (κ3) is 6.95. The van der Waals surface area contributed by atoms with Crippen molar-refractivity contribution >= 4 is 21.0 Å². The summed E-state index contributed by atoms with van der Waals surface area (Å²) in [6.45, 7) is 0. The highest BCUT2D eigenvalue weighted by Crippen LogP contribution is 2.31. The summed E-state index contributed by atoms with van der Waals surface area (Å²) in [4.78, 5) is 3.20. The number of hydrogen-bond acceptors (Lipinski definition) is 3. The molecule has 0 aromatic heterocycles. The van der Waals surface area contributed by atoms with Crippen molar-refractivity contribution in [2.24, 2.45) is 0 Å². The van der Waals surface area contributed by atoms with Gasteiger partial charge in [-0.25, -0.2) is 8.42 Å². The summed E-state index contributed by atoms with van der Waals surface area (Å²) in [7, 11) is -4.85. The molecule has 33 heavy (non-hydrogen) atoms. The lowest BCUT2D eigenvalue weighted by Crippen LogP contribution is -2.07. The molecule has 0 aliphatic carbocycles. The number of benzene rings is 4. The van der Waals surface area contributed by atoms with Gasteiger partial charge in [-0.2, -0.15) is 13.2 Å². The molecule has 0 aliphatic heterocycles. The molecule has 0 unspecified atom stereocenters. The van der Waals surface area contributed by atoms with Gasteiger partial charge < -0.3 is 4.55 Å². The van der Waals surface area contributed by atoms with Crippen LogP contribution >= 0.6 is 0 Å². The lowest BCUT2D eigenvalue weighted by molar-refractivity contribution is -0.137. The molecule has 170 valence electrons. The van der Waals surface area contributed by atoms with Crippen molar-refractivity contribution in [1.82, 2.24) is 0 Å². The molecule has 0 amide bonds. The van der Waals surface area contributed by atoms with Crippen molar-refractivity contribution in [2.45, 2.75) is 25.8 Å². The summed E-state index contributed by atoms with van der Waals surface area (Å²) in [6.07, 6.45) is -4.65. The van der Waals surface area contributed by atoms with Crippen LogP contribution in [0, 0.1) is 0 Å². The van der Waals surface area contributed by atoms with Crippen molar-refractivity contribution in [3.05, 3.63) is 121 Å². The Balaban J connectivity index is 0.000000196. The van der Waals surface area contributed by atoms with Crippen molar-refractivity contribution < 1.29 is 26.1 Å². The van der Waals surface area contributed by atoms with E-state index in [1.165, 1.54) is 14.7 Å². The van der Waals surface area contributed by atoms with Gasteiger partial charge in [-0.1, -0.05) is 60.7 Å². The topological polar surface area (TPSA) is 57.2 Å². The van der Waals surface area contributed by atoms with Gasteiger partial charge in [0.05, 0.1) is 21.4 Å². The number of alkyl halides is 3. The van der Waals surface area contributed by atoms with Crippen LogP contribution in [0.5, 0.6) is 0 Å². The molecule has 8 heteroatoms. The molecule has 0 fully saturated rings. The molecule has 0 N–H and O–H groups in total. The molecule has 0 saturated carbocycles. The van der Waals surface area contributed by atoms with Gasteiger partial charge in [-0.3, -0.25) is 0 Å². The lowest BCUT2D eigenvalue weighted by atomic mass is 10.2. The first-order chi connectivity index (χ1) is 15.7. The van der Waals surface area contributed by atoms with Gasteiger partial charge in [0.25, 0.3) is 0 Å². The number of hydrogen-bond donors (Lipinski definition) is 0. The fourth-order valence-corrected chi connectivity index (χ4v) is 5.53. The van der Waals surface area contributed by atoms with Crippen LogP contribution in [0.2, 0.25) is 0 Å². The summed E-state index contributed by atoms with van der Waals surface area (Å²) in [5, 5.41) is 0. The number of halogens is 3. The van der Waals surface area contributed by atoms with Crippen molar-refractivity contribution in [3.8, 4) is 0 Å². The third-order valence-electron chi connectivity index (χ3n) is 4.39. The van der Waals surface area contributed by atoms with Crippen molar-refractivity contribution in [1.29, 1.82) is 0 Å². The van der Waals surface area contributed by atoms with Crippen LogP contribution in [0.15, 0.2) is 135 Å². The van der Waals surface area contributed by atoms with Crippen LogP contribution in [0.25, 0.3) is 0 Å². The Labute approximate surface area is 193 Å². The Bertz CT molecular complexity index is 1170. The van der Waals surface area contributed by atoms with Crippen LogP contribution in [-0.4, -0.2) is 13.0 Å². The van der Waals surface area contributed by atoms with E-state index in [1.54, 1.807) is 0 Å². The van der Waals surface area contributed by atoms with Crippen molar-refractivity contribution in [3.63, 3.8) is 0 Å². The Morgan fingerprint density at radius 1 is 0.606 bits per heavy atom. The second-order valence-electron chi connectivity index (χ2n) is 6.73. The summed E-state index contributed by atoms with van der Waals surface area (Å²) in [5.41, 5.74) is -1.16. The van der Waals surface area contributed by atoms with Crippen LogP contribution in [-0.2, 0) is 27.2 Å². The molecule has 4 rings (SSSR count). The molecular formula is C25H19F3O3S2. The monoisotopic (exact) mass is 488 g/mol. The second kappa shape index (κ2) is 10.7. The molecule has 0 bridgehead atoms. The van der Waals surface area contributed by atoms with E-state index in [4.69, 9.17) is 0 Å². The minimum atomic E-state index is -4.84. The Kier molecular flexibility index (Phi) is 7.97. The summed E-state index contributed by atoms with van der Waals surface area (Å²) in [5.74, 6) is 0. The molecule has 4 aromatic carbocycles. The van der Waals surface area contributed by atoms with E-state index in [2.05, 4.69) is 91.0 Å². The molecule has 0 spiro atoms. The third-order valence-corrected chi connectivity index (χ3v) is 7.45. The Morgan fingerprint density at radius 3 is 1.33 bits per heavy atom. The molecule has 3 nitrogen and oxygen atoms in total. The van der Waals surface area contributed by atoms with Crippen LogP contribution in [0.1, 0.15) is 5.56 Å². The molecule has 4 aromatic rings. The highest BCUT2D eigenvalue weighted by molar-refractivity contribution is 7.97. The van der Waals surface area contributed by atoms with Gasteiger partial charge in [0.1, 0.15) is 10.1 Å². The largest absolute Gasteiger partial charge is 0.744 e. The molecule has 0 aliphatic rings. The van der Waals surface area contributed by atoms with Crippen LogP contribution < -0.4 is 0 Å². The fraction of sp³-hybridized carbons (Fsp3) is 0.0400. The summed E-state index contributed by atoms with van der Waals surface area (Å²) in [6, 6.07) is 34.8. The Hall–Kier alpha value is -3.07. The first-order valence-corrected chi connectivity index (χ1v) is 12.3. The normalized spacial score (nSPS) is 11.5. The first-order valence-electron chi connectivity index (χ1n) is 9.69. The zero-order chi connectivity index (χ0) is 23.9. The minimum absolute atomic E-state index is 0.0146. The first kappa shape index (κ1) is 24.6. The number of rotatable bonds is 4. The Morgan fingerprint density at radius 2 is 1.00 bits per heavy atom. The predicted octanol–water partition coefficient (Wildman–Crippen LogP) is 6.39. The highest BCUT2D eigenvalue weighted by atomic mass is 32.2. The van der Waals surface area contributed by atoms with Gasteiger partial charge in [0.2, 0.25) is 0 Å². The maximum atomic E-state index is 12.1. The summed E-state index contributed by atoms with van der Waals surface area (Å²) < 4.78 is 67.3. The smallest absolute Gasteiger partial charge is 0.416 e. The van der Waals surface area contributed by atoms with Crippen LogP contribution in [0.3, 0.4) is 0 Å². The van der Waals surface area contributed by atoms with E-state index in [0.29, 0.717) is 12.1 Å². The van der Waals surface area contributed by atoms with E-state index in [1.807, 2.05) is 0 Å². The van der Waals surface area contributed by atoms with E-state index in [0.717, 1.165) is 12.1 Å². The quantitative estimate of drug-likeness (QED) is 0.247. The van der Waals surface area contributed by atoms with Crippen LogP contribution in [0.4, 0.5) is 13.2 Å². The van der Waals surface area contributed by atoms with E-state index >= 15 is 0 Å². The lowest BCUT2D eigenvalue weighted by Gasteiger charge is -2.10. The average Bonchev–Trinajstić information content (AvgIpc) is 2.81. The highest BCUT2D eigenvalue weighted by Gasteiger charge is 2.31. The van der Waals surface area contributed by atoms with E-state index in [9.17, 15) is 26.1 Å². The van der Waals surface area contributed by atoms with Gasteiger partial charge in [-0.15, -0.1) is 0 Å². The molecule has 0 atom stereocenters. The predicted molar refractivity (Wildman–Crippen MR) is 121 cm³/mol. The van der Waals surface area contributed by atoms with Gasteiger partial charge in [-0.05, 0) is 54.6 Å². The zero-order valence-corrected chi connectivity index (χ0v) is 18.8. The maximum absolute atomic E-state index is 12.1. The van der Waals surface area contributed by atoms with Crippen molar-refractivity contribution in [2.75, 3.05) is 0 Å². The standard InChI is InChI=1S/C18H15S.C7H5F3O3S/c1-4-10-16(11-5-1)19(17-12-6-2-7-13-17)18-14-8-3-9-15-18;8-7(9,10)5-2-1-3-6(4-5)14(11,12)13/h1-15H;1-4H,(H,11,12,13)/q+1;/p-1. The fourth-order valence-electron chi connectivity index (χ4n) is 2.91. The molecular weight excluding hydrogens is 469 g/mol. The molecule has 0 saturated heterocycles. The molecule has 0 heterocycles. The minimum Gasteiger partial charge on any atom is -0.744 e. The maximum Gasteiger partial charge on any atom is 0.416 e. The van der Waals surface area contributed by atoms with E-state index in [-0.39, 0.29) is 10.9 Å². The van der Waals surface area contributed by atoms with Gasteiger partial charge >= 0.3 is 6.18 Å². The van der Waals surface area contributed by atoms with Gasteiger partial charge in [0, 0.05) is 0 Å². The van der Waals surface area contributed by atoms with Gasteiger partial charge in [0.15, 0.2) is 14.7 Å². The SMILES string of the molecule is O=S(=O)([O-])c1cccc(C(F)(F)F)c1.c1ccc([S+](c2ccccc2)c2ccccc2)cc1. The van der Waals surface area contributed by atoms with E-state index < -0.39 is 26.8 Å². The summed E-state index contributed by atoms with van der Waals surface area (Å²) >= 11 is 0. The molecule has 0 radical (unpaired) electrons. The average molecular weight is 489 g/mol. The zero-order valence-electron chi connectivity index (χ0n) is 17.1. The second-order valence-corrected chi connectivity index (χ2v) is 10.1.